The molecular weight excluding hydrogens is 353 g/mol. The lowest BCUT2D eigenvalue weighted by atomic mass is 10.1. The number of rotatable bonds is 4. The molecule has 0 bridgehead atoms. The minimum absolute atomic E-state index is 0.160. The monoisotopic (exact) mass is 369 g/mol. The van der Waals surface area contributed by atoms with Gasteiger partial charge in [0.1, 0.15) is 17.2 Å². The van der Waals surface area contributed by atoms with Crippen LogP contribution in [-0.4, -0.2) is 7.11 Å². The zero-order chi connectivity index (χ0) is 13.8. The second-order valence-electron chi connectivity index (χ2n) is 4.19. The summed E-state index contributed by atoms with van der Waals surface area (Å²) in [7, 11) is 1.64. The molecule has 0 saturated carbocycles. The first-order chi connectivity index (χ1) is 9.13. The van der Waals surface area contributed by atoms with E-state index in [4.69, 9.17) is 15.2 Å². The molecule has 0 aromatic heterocycles. The minimum atomic E-state index is -0.160. The van der Waals surface area contributed by atoms with Crippen molar-refractivity contribution in [2.24, 2.45) is 5.73 Å². The SMILES string of the molecule is COc1cccc(Oc2ccccc2I)c1[C@H](C)N. The van der Waals surface area contributed by atoms with Gasteiger partial charge in [-0.15, -0.1) is 0 Å². The average molecular weight is 369 g/mol. The largest absolute Gasteiger partial charge is 0.496 e. The number of ether oxygens (including phenoxy) is 2. The molecule has 19 heavy (non-hydrogen) atoms. The van der Waals surface area contributed by atoms with Crippen molar-refractivity contribution in [2.45, 2.75) is 13.0 Å². The number of benzene rings is 2. The first-order valence-corrected chi connectivity index (χ1v) is 7.06. The molecule has 1 atom stereocenters. The Balaban J connectivity index is 2.43. The Bertz CT molecular complexity index is 570. The van der Waals surface area contributed by atoms with Crippen LogP contribution in [0.5, 0.6) is 17.2 Å². The van der Waals surface area contributed by atoms with Gasteiger partial charge in [-0.05, 0) is 53.8 Å². The maximum absolute atomic E-state index is 6.02. The van der Waals surface area contributed by atoms with Gasteiger partial charge in [0.2, 0.25) is 0 Å². The van der Waals surface area contributed by atoms with Gasteiger partial charge < -0.3 is 15.2 Å². The number of para-hydroxylation sites is 1. The fourth-order valence-electron chi connectivity index (χ4n) is 1.89. The molecule has 0 aliphatic rings. The lowest BCUT2D eigenvalue weighted by Crippen LogP contribution is -2.08. The third-order valence-electron chi connectivity index (χ3n) is 2.76. The van der Waals surface area contributed by atoms with E-state index in [-0.39, 0.29) is 6.04 Å². The number of hydrogen-bond acceptors (Lipinski definition) is 3. The molecule has 100 valence electrons. The van der Waals surface area contributed by atoms with Crippen molar-refractivity contribution < 1.29 is 9.47 Å². The molecule has 0 radical (unpaired) electrons. The zero-order valence-corrected chi connectivity index (χ0v) is 13.0. The molecule has 3 nitrogen and oxygen atoms in total. The van der Waals surface area contributed by atoms with E-state index in [1.807, 2.05) is 49.4 Å². The van der Waals surface area contributed by atoms with Gasteiger partial charge in [-0.2, -0.15) is 0 Å². The molecule has 0 aliphatic carbocycles. The zero-order valence-electron chi connectivity index (χ0n) is 10.9. The smallest absolute Gasteiger partial charge is 0.140 e. The van der Waals surface area contributed by atoms with Gasteiger partial charge in [-0.25, -0.2) is 0 Å². The Morgan fingerprint density at radius 3 is 2.26 bits per heavy atom. The summed E-state index contributed by atoms with van der Waals surface area (Å²) in [5.41, 5.74) is 6.90. The van der Waals surface area contributed by atoms with Crippen molar-refractivity contribution in [3.05, 3.63) is 51.6 Å². The average Bonchev–Trinajstić information content (AvgIpc) is 2.40. The predicted molar refractivity (Wildman–Crippen MR) is 84.8 cm³/mol. The van der Waals surface area contributed by atoms with Crippen molar-refractivity contribution >= 4 is 22.6 Å². The molecule has 0 spiro atoms. The minimum Gasteiger partial charge on any atom is -0.496 e. The lowest BCUT2D eigenvalue weighted by molar-refractivity contribution is 0.397. The summed E-state index contributed by atoms with van der Waals surface area (Å²) in [6, 6.07) is 13.4. The molecule has 0 aliphatic heterocycles. The van der Waals surface area contributed by atoms with Crippen LogP contribution in [0.2, 0.25) is 0 Å². The van der Waals surface area contributed by atoms with Crippen molar-refractivity contribution in [3.63, 3.8) is 0 Å². The molecule has 4 heteroatoms. The number of hydrogen-bond donors (Lipinski definition) is 1. The topological polar surface area (TPSA) is 44.5 Å². The molecular formula is C15H16INO2. The molecule has 2 aromatic carbocycles. The molecule has 2 aromatic rings. The van der Waals surface area contributed by atoms with Crippen LogP contribution in [-0.2, 0) is 0 Å². The lowest BCUT2D eigenvalue weighted by Gasteiger charge is -2.17. The van der Waals surface area contributed by atoms with E-state index in [0.717, 1.165) is 26.4 Å². The third-order valence-corrected chi connectivity index (χ3v) is 3.65. The molecule has 0 saturated heterocycles. The quantitative estimate of drug-likeness (QED) is 0.825. The first-order valence-electron chi connectivity index (χ1n) is 5.98. The van der Waals surface area contributed by atoms with E-state index in [1.54, 1.807) is 7.11 Å². The van der Waals surface area contributed by atoms with Gasteiger partial charge in [0.25, 0.3) is 0 Å². The fraction of sp³-hybridized carbons (Fsp3) is 0.200. The summed E-state index contributed by atoms with van der Waals surface area (Å²) in [6.45, 7) is 1.92. The summed E-state index contributed by atoms with van der Waals surface area (Å²) >= 11 is 2.25. The highest BCUT2D eigenvalue weighted by Gasteiger charge is 2.15. The third kappa shape index (κ3) is 3.19. The second-order valence-corrected chi connectivity index (χ2v) is 5.36. The molecule has 0 unspecified atom stereocenters. The van der Waals surface area contributed by atoms with Crippen LogP contribution in [0.15, 0.2) is 42.5 Å². The van der Waals surface area contributed by atoms with E-state index < -0.39 is 0 Å². The van der Waals surface area contributed by atoms with Crippen molar-refractivity contribution in [2.75, 3.05) is 7.11 Å². The van der Waals surface area contributed by atoms with Crippen LogP contribution in [0, 0.1) is 3.57 Å². The summed E-state index contributed by atoms with van der Waals surface area (Å²) in [6.07, 6.45) is 0. The van der Waals surface area contributed by atoms with Crippen LogP contribution in [0.3, 0.4) is 0 Å². The maximum Gasteiger partial charge on any atom is 0.140 e. The fourth-order valence-corrected chi connectivity index (χ4v) is 2.38. The van der Waals surface area contributed by atoms with Crippen molar-refractivity contribution in [1.29, 1.82) is 0 Å². The van der Waals surface area contributed by atoms with Crippen LogP contribution in [0.4, 0.5) is 0 Å². The summed E-state index contributed by atoms with van der Waals surface area (Å²) in [4.78, 5) is 0. The van der Waals surface area contributed by atoms with E-state index >= 15 is 0 Å². The second kappa shape index (κ2) is 6.25. The van der Waals surface area contributed by atoms with Gasteiger partial charge in [0, 0.05) is 6.04 Å². The van der Waals surface area contributed by atoms with Gasteiger partial charge in [0.05, 0.1) is 16.2 Å². The Kier molecular flexibility index (Phi) is 4.66. The van der Waals surface area contributed by atoms with E-state index in [1.165, 1.54) is 0 Å². The molecule has 2 rings (SSSR count). The standard InChI is InChI=1S/C15H16INO2/c1-10(17)15-13(18-2)8-5-9-14(15)19-12-7-4-3-6-11(12)16/h3-10H,17H2,1-2H3/t10-/m0/s1. The van der Waals surface area contributed by atoms with E-state index in [0.29, 0.717) is 0 Å². The number of methoxy groups -OCH3 is 1. The van der Waals surface area contributed by atoms with Crippen molar-refractivity contribution in [3.8, 4) is 17.2 Å². The first kappa shape index (κ1) is 14.1. The summed E-state index contributed by atoms with van der Waals surface area (Å²) in [5.74, 6) is 2.30. The maximum atomic E-state index is 6.02. The molecule has 2 N–H and O–H groups in total. The van der Waals surface area contributed by atoms with Gasteiger partial charge in [0.15, 0.2) is 0 Å². The summed E-state index contributed by atoms with van der Waals surface area (Å²) < 4.78 is 12.4. The van der Waals surface area contributed by atoms with Crippen LogP contribution < -0.4 is 15.2 Å². The van der Waals surface area contributed by atoms with Gasteiger partial charge in [-0.3, -0.25) is 0 Å². The number of nitrogens with two attached hydrogens (primary N) is 1. The van der Waals surface area contributed by atoms with Crippen LogP contribution in [0.25, 0.3) is 0 Å². The summed E-state index contributed by atoms with van der Waals surface area (Å²) in [5, 5.41) is 0. The normalized spacial score (nSPS) is 12.0. The Hall–Kier alpha value is -1.27. The van der Waals surface area contributed by atoms with Gasteiger partial charge in [-0.1, -0.05) is 18.2 Å². The van der Waals surface area contributed by atoms with E-state index in [2.05, 4.69) is 22.6 Å². The highest BCUT2D eigenvalue weighted by molar-refractivity contribution is 14.1. The molecule has 0 heterocycles. The Labute approximate surface area is 126 Å². The van der Waals surface area contributed by atoms with E-state index in [9.17, 15) is 0 Å². The van der Waals surface area contributed by atoms with Crippen molar-refractivity contribution in [1.82, 2.24) is 0 Å². The Morgan fingerprint density at radius 2 is 1.63 bits per heavy atom. The highest BCUT2D eigenvalue weighted by Crippen LogP contribution is 2.36. The molecule has 0 amide bonds. The van der Waals surface area contributed by atoms with Crippen LogP contribution in [0.1, 0.15) is 18.5 Å². The number of halogens is 1. The van der Waals surface area contributed by atoms with Gasteiger partial charge >= 0.3 is 0 Å². The highest BCUT2D eigenvalue weighted by atomic mass is 127. The Morgan fingerprint density at radius 1 is 1.00 bits per heavy atom. The predicted octanol–water partition coefficient (Wildman–Crippen LogP) is 4.11. The van der Waals surface area contributed by atoms with Crippen LogP contribution >= 0.6 is 22.6 Å². The molecule has 0 fully saturated rings.